The maximum absolute atomic E-state index is 12.5. The summed E-state index contributed by atoms with van der Waals surface area (Å²) in [6.45, 7) is 4.07. The van der Waals surface area contributed by atoms with Gasteiger partial charge in [-0.2, -0.15) is 0 Å². The first-order chi connectivity index (χ1) is 14.4. The summed E-state index contributed by atoms with van der Waals surface area (Å²) in [5, 5.41) is 15.2. The topological polar surface area (TPSA) is 88.9 Å². The third-order valence-electron chi connectivity index (χ3n) is 5.51. The summed E-state index contributed by atoms with van der Waals surface area (Å²) in [6, 6.07) is 7.22. The van der Waals surface area contributed by atoms with Crippen LogP contribution in [0.1, 0.15) is 61.8 Å². The molecule has 1 heterocycles. The Labute approximate surface area is 189 Å². The van der Waals surface area contributed by atoms with E-state index in [0.717, 1.165) is 10.9 Å². The molecule has 1 aliphatic carbocycles. The minimum absolute atomic E-state index is 0.0265. The number of hydrogen-bond donors (Lipinski definition) is 2. The van der Waals surface area contributed by atoms with E-state index in [0.29, 0.717) is 28.2 Å². The molecule has 7 nitrogen and oxygen atoms in total. The van der Waals surface area contributed by atoms with Crippen LogP contribution < -0.4 is 10.6 Å². The zero-order chi connectivity index (χ0) is 21.7. The van der Waals surface area contributed by atoms with Gasteiger partial charge in [0.05, 0.1) is 17.4 Å². The lowest BCUT2D eigenvalue weighted by molar-refractivity contribution is -0.119. The Bertz CT molecular complexity index is 903. The van der Waals surface area contributed by atoms with E-state index in [4.69, 9.17) is 0 Å². The molecule has 2 N–H and O–H groups in total. The number of nitrogens with one attached hydrogen (secondary N) is 2. The van der Waals surface area contributed by atoms with Crippen LogP contribution in [0.25, 0.3) is 0 Å². The zero-order valence-corrected chi connectivity index (χ0v) is 19.9. The quantitative estimate of drug-likeness (QED) is 0.571. The average Bonchev–Trinajstić information content (AvgIpc) is 3.09. The SMILES string of the molecule is C[C@H](NC(=O)c1ccccc1Br)c1nnc(SCC(=O)N[C@@H]2CCCC[C@@H]2C)n1C. The molecule has 0 unspecified atom stereocenters. The van der Waals surface area contributed by atoms with E-state index in [-0.39, 0.29) is 23.9 Å². The van der Waals surface area contributed by atoms with Gasteiger partial charge in [-0.15, -0.1) is 10.2 Å². The Balaban J connectivity index is 1.55. The van der Waals surface area contributed by atoms with Gasteiger partial charge >= 0.3 is 0 Å². The highest BCUT2D eigenvalue weighted by Gasteiger charge is 2.24. The van der Waals surface area contributed by atoms with Crippen molar-refractivity contribution in [1.82, 2.24) is 25.4 Å². The van der Waals surface area contributed by atoms with E-state index in [1.165, 1.54) is 31.0 Å². The van der Waals surface area contributed by atoms with E-state index >= 15 is 0 Å². The van der Waals surface area contributed by atoms with Crippen molar-refractivity contribution in [2.75, 3.05) is 5.75 Å². The van der Waals surface area contributed by atoms with Crippen LogP contribution in [-0.2, 0) is 11.8 Å². The van der Waals surface area contributed by atoms with Gasteiger partial charge < -0.3 is 15.2 Å². The van der Waals surface area contributed by atoms with Gasteiger partial charge in [0.25, 0.3) is 5.91 Å². The second-order valence-electron chi connectivity index (χ2n) is 7.80. The molecule has 1 aliphatic rings. The molecule has 0 bridgehead atoms. The number of carbonyl (C=O) groups excluding carboxylic acids is 2. The molecule has 0 spiro atoms. The summed E-state index contributed by atoms with van der Waals surface area (Å²) < 4.78 is 2.56. The first kappa shape index (κ1) is 22.8. The lowest BCUT2D eigenvalue weighted by Crippen LogP contribution is -2.41. The van der Waals surface area contributed by atoms with Gasteiger partial charge in [-0.25, -0.2) is 0 Å². The van der Waals surface area contributed by atoms with Crippen molar-refractivity contribution in [3.63, 3.8) is 0 Å². The molecular weight excluding hydrogens is 466 g/mol. The molecule has 1 aromatic heterocycles. The molecule has 1 saturated carbocycles. The van der Waals surface area contributed by atoms with Crippen LogP contribution in [0.15, 0.2) is 33.9 Å². The lowest BCUT2D eigenvalue weighted by Gasteiger charge is -2.29. The van der Waals surface area contributed by atoms with Gasteiger partial charge in [0, 0.05) is 17.6 Å². The Morgan fingerprint density at radius 2 is 2.00 bits per heavy atom. The predicted molar refractivity (Wildman–Crippen MR) is 121 cm³/mol. The number of benzene rings is 1. The number of nitrogens with zero attached hydrogens (tertiary/aromatic N) is 3. The third kappa shape index (κ3) is 5.63. The summed E-state index contributed by atoms with van der Waals surface area (Å²) in [5.74, 6) is 1.31. The fourth-order valence-electron chi connectivity index (χ4n) is 3.72. The van der Waals surface area contributed by atoms with Crippen LogP contribution in [0, 0.1) is 5.92 Å². The number of rotatable bonds is 7. The Hall–Kier alpha value is -1.87. The normalized spacial score (nSPS) is 19.9. The van der Waals surface area contributed by atoms with Gasteiger partial charge in [0.15, 0.2) is 11.0 Å². The Morgan fingerprint density at radius 1 is 1.27 bits per heavy atom. The highest BCUT2D eigenvalue weighted by Crippen LogP contribution is 2.24. The number of aromatic nitrogens is 3. The standard InChI is InChI=1S/C21H28BrN5O2S/c1-13-8-4-7-11-17(13)24-18(28)12-30-21-26-25-19(27(21)3)14(2)23-20(29)15-9-5-6-10-16(15)22/h5-6,9-10,13-14,17H,4,7-8,11-12H2,1-3H3,(H,23,29)(H,24,28)/t13-,14-,17+/m0/s1. The smallest absolute Gasteiger partial charge is 0.253 e. The van der Waals surface area contributed by atoms with Crippen molar-refractivity contribution in [3.8, 4) is 0 Å². The van der Waals surface area contributed by atoms with Crippen LogP contribution in [-0.4, -0.2) is 38.4 Å². The molecule has 2 amide bonds. The molecule has 0 saturated heterocycles. The molecule has 3 atom stereocenters. The number of amides is 2. The first-order valence-corrected chi connectivity index (χ1v) is 12.0. The number of thioether (sulfide) groups is 1. The first-order valence-electron chi connectivity index (χ1n) is 10.2. The van der Waals surface area contributed by atoms with E-state index in [9.17, 15) is 9.59 Å². The average molecular weight is 494 g/mol. The highest BCUT2D eigenvalue weighted by atomic mass is 79.9. The second-order valence-corrected chi connectivity index (χ2v) is 9.60. The van der Waals surface area contributed by atoms with Crippen molar-refractivity contribution in [1.29, 1.82) is 0 Å². The van der Waals surface area contributed by atoms with Crippen LogP contribution in [0.2, 0.25) is 0 Å². The molecular formula is C21H28BrN5O2S. The van der Waals surface area contributed by atoms with Crippen LogP contribution in [0.4, 0.5) is 0 Å². The minimum Gasteiger partial charge on any atom is -0.352 e. The van der Waals surface area contributed by atoms with Crippen molar-refractivity contribution in [2.24, 2.45) is 13.0 Å². The number of hydrogen-bond acceptors (Lipinski definition) is 5. The van der Waals surface area contributed by atoms with E-state index < -0.39 is 0 Å². The fourth-order valence-corrected chi connectivity index (χ4v) is 4.92. The van der Waals surface area contributed by atoms with Crippen molar-refractivity contribution < 1.29 is 9.59 Å². The summed E-state index contributed by atoms with van der Waals surface area (Å²) in [7, 11) is 1.85. The Kier molecular flexibility index (Phi) is 7.93. The molecule has 3 rings (SSSR count). The van der Waals surface area contributed by atoms with Gasteiger partial charge in [-0.05, 0) is 53.7 Å². The fraction of sp³-hybridized carbons (Fsp3) is 0.524. The number of halogens is 1. The van der Waals surface area contributed by atoms with Gasteiger partial charge in [-0.1, -0.05) is 43.7 Å². The largest absolute Gasteiger partial charge is 0.352 e. The van der Waals surface area contributed by atoms with Gasteiger partial charge in [0.1, 0.15) is 0 Å². The van der Waals surface area contributed by atoms with Gasteiger partial charge in [0.2, 0.25) is 5.91 Å². The molecule has 1 aromatic carbocycles. The van der Waals surface area contributed by atoms with Crippen molar-refractivity contribution >= 4 is 39.5 Å². The molecule has 2 aromatic rings. The Morgan fingerprint density at radius 3 is 2.73 bits per heavy atom. The van der Waals surface area contributed by atoms with Crippen LogP contribution in [0.3, 0.4) is 0 Å². The summed E-state index contributed by atoms with van der Waals surface area (Å²) >= 11 is 4.76. The third-order valence-corrected chi connectivity index (χ3v) is 7.22. The molecule has 162 valence electrons. The van der Waals surface area contributed by atoms with Gasteiger partial charge in [-0.3, -0.25) is 9.59 Å². The van der Waals surface area contributed by atoms with E-state index in [1.807, 2.05) is 36.7 Å². The van der Waals surface area contributed by atoms with Crippen molar-refractivity contribution in [2.45, 2.75) is 56.8 Å². The van der Waals surface area contributed by atoms with Crippen LogP contribution >= 0.6 is 27.7 Å². The summed E-state index contributed by atoms with van der Waals surface area (Å²) in [6.07, 6.45) is 4.66. The second kappa shape index (κ2) is 10.4. The summed E-state index contributed by atoms with van der Waals surface area (Å²) in [5.41, 5.74) is 0.565. The molecule has 9 heteroatoms. The number of carbonyl (C=O) groups is 2. The maximum Gasteiger partial charge on any atom is 0.253 e. The van der Waals surface area contributed by atoms with Crippen molar-refractivity contribution in [3.05, 3.63) is 40.1 Å². The molecule has 1 fully saturated rings. The molecule has 0 radical (unpaired) electrons. The molecule has 0 aliphatic heterocycles. The monoisotopic (exact) mass is 493 g/mol. The zero-order valence-electron chi connectivity index (χ0n) is 17.5. The maximum atomic E-state index is 12.5. The highest BCUT2D eigenvalue weighted by molar-refractivity contribution is 9.10. The minimum atomic E-state index is -0.326. The van der Waals surface area contributed by atoms with E-state index in [2.05, 4.69) is 43.7 Å². The summed E-state index contributed by atoms with van der Waals surface area (Å²) in [4.78, 5) is 24.9. The lowest BCUT2D eigenvalue weighted by atomic mass is 9.86. The van der Waals surface area contributed by atoms with Crippen LogP contribution in [0.5, 0.6) is 0 Å². The van der Waals surface area contributed by atoms with E-state index in [1.54, 1.807) is 6.07 Å². The predicted octanol–water partition coefficient (Wildman–Crippen LogP) is 3.86. The molecule has 30 heavy (non-hydrogen) atoms.